The summed E-state index contributed by atoms with van der Waals surface area (Å²) in [5, 5.41) is 0. The number of carbonyl (C=O) groups is 2. The second-order valence-electron chi connectivity index (χ2n) is 2.79. The van der Waals surface area contributed by atoms with Crippen LogP contribution in [0, 0.1) is 0 Å². The van der Waals surface area contributed by atoms with E-state index in [9.17, 15) is 9.59 Å². The Bertz CT molecular complexity index is 328. The van der Waals surface area contributed by atoms with E-state index in [4.69, 9.17) is 4.74 Å². The number of hydrogen-bond acceptors (Lipinski definition) is 4. The van der Waals surface area contributed by atoms with E-state index in [2.05, 4.69) is 11.6 Å². The lowest BCUT2D eigenvalue weighted by molar-refractivity contribution is -0.123. The minimum Gasteiger partial charge on any atom is -0.359 e. The van der Waals surface area contributed by atoms with Gasteiger partial charge < -0.3 is 4.74 Å². The highest BCUT2D eigenvalue weighted by Crippen LogP contribution is 2.06. The Kier molecular flexibility index (Phi) is 3.48. The molecule has 1 rings (SSSR count). The lowest BCUT2D eigenvalue weighted by atomic mass is 10.0. The summed E-state index contributed by atoms with van der Waals surface area (Å²) < 4.78 is 5.15. The number of hydrogen-bond donors (Lipinski definition) is 0. The molecule has 74 valence electrons. The molecule has 4 heteroatoms. The fourth-order valence-electron chi connectivity index (χ4n) is 1.08. The van der Waals surface area contributed by atoms with E-state index in [1.54, 1.807) is 0 Å². The largest absolute Gasteiger partial charge is 0.359 e. The average Bonchev–Trinajstić information content (AvgIpc) is 2.15. The van der Waals surface area contributed by atoms with Crippen molar-refractivity contribution < 1.29 is 14.3 Å². The molecule has 0 radical (unpaired) electrons. The van der Waals surface area contributed by atoms with E-state index >= 15 is 0 Å². The maximum Gasteiger partial charge on any atom is 0.192 e. The molecule has 0 bridgehead atoms. The van der Waals surface area contributed by atoms with Gasteiger partial charge in [0.1, 0.15) is 5.71 Å². The first-order chi connectivity index (χ1) is 6.66. The van der Waals surface area contributed by atoms with Gasteiger partial charge in [-0.3, -0.25) is 14.6 Å². The first-order valence-electron chi connectivity index (χ1n) is 4.18. The molecule has 0 aromatic heterocycles. The van der Waals surface area contributed by atoms with Crippen LogP contribution >= 0.6 is 0 Å². The monoisotopic (exact) mass is 193 g/mol. The van der Waals surface area contributed by atoms with Crippen molar-refractivity contribution in [2.24, 2.45) is 4.99 Å². The second-order valence-corrected chi connectivity index (χ2v) is 2.79. The van der Waals surface area contributed by atoms with E-state index in [1.807, 2.05) is 0 Å². The number of aliphatic imine (C=N–C) groups is 1. The zero-order valence-corrected chi connectivity index (χ0v) is 7.90. The van der Waals surface area contributed by atoms with Crippen molar-refractivity contribution in [3.8, 4) is 0 Å². The van der Waals surface area contributed by atoms with Crippen LogP contribution in [0.25, 0.3) is 0 Å². The summed E-state index contributed by atoms with van der Waals surface area (Å²) >= 11 is 0. The van der Waals surface area contributed by atoms with Gasteiger partial charge in [0, 0.05) is 19.2 Å². The van der Waals surface area contributed by atoms with Crippen molar-refractivity contribution in [1.29, 1.82) is 0 Å². The first-order valence-corrected chi connectivity index (χ1v) is 4.18. The van der Waals surface area contributed by atoms with E-state index in [0.29, 0.717) is 0 Å². The fraction of sp³-hybridized carbons (Fsp3) is 0.300. The van der Waals surface area contributed by atoms with E-state index < -0.39 is 6.10 Å². The lowest BCUT2D eigenvalue weighted by Crippen LogP contribution is -2.37. The Balaban J connectivity index is 2.82. The van der Waals surface area contributed by atoms with Crippen LogP contribution in [0.2, 0.25) is 0 Å². The molecule has 0 saturated carbocycles. The lowest BCUT2D eigenvalue weighted by Gasteiger charge is -2.16. The van der Waals surface area contributed by atoms with Gasteiger partial charge in [-0.05, 0) is 0 Å². The summed E-state index contributed by atoms with van der Waals surface area (Å²) in [5.41, 5.74) is 0.152. The smallest absolute Gasteiger partial charge is 0.192 e. The minimum atomic E-state index is -0.865. The predicted molar refractivity (Wildman–Crippen MR) is 52.2 cm³/mol. The number of nitrogens with zero attached hydrogens (tertiary/aromatic N) is 1. The van der Waals surface area contributed by atoms with Gasteiger partial charge in [-0.25, -0.2) is 0 Å². The van der Waals surface area contributed by atoms with Gasteiger partial charge >= 0.3 is 0 Å². The van der Waals surface area contributed by atoms with Crippen LogP contribution in [-0.2, 0) is 14.3 Å². The number of ether oxygens (including phenoxy) is 1. The van der Waals surface area contributed by atoms with Crippen molar-refractivity contribution in [1.82, 2.24) is 0 Å². The van der Waals surface area contributed by atoms with Crippen LogP contribution in [0.3, 0.4) is 0 Å². The first kappa shape index (κ1) is 10.5. The minimum absolute atomic E-state index is 0.152. The molecule has 14 heavy (non-hydrogen) atoms. The molecule has 1 aliphatic rings. The molecule has 0 aliphatic carbocycles. The highest BCUT2D eigenvalue weighted by molar-refractivity contribution is 6.45. The molecule has 4 nitrogen and oxygen atoms in total. The second kappa shape index (κ2) is 4.62. The van der Waals surface area contributed by atoms with Crippen molar-refractivity contribution >= 4 is 17.3 Å². The van der Waals surface area contributed by atoms with E-state index in [1.165, 1.54) is 25.3 Å². The van der Waals surface area contributed by atoms with Gasteiger partial charge in [0.05, 0.1) is 6.61 Å². The van der Waals surface area contributed by atoms with Gasteiger partial charge in [-0.2, -0.15) is 0 Å². The number of rotatable bonds is 4. The maximum absolute atomic E-state index is 11.3. The Morgan fingerprint density at radius 3 is 3.07 bits per heavy atom. The van der Waals surface area contributed by atoms with Gasteiger partial charge in [-0.15, -0.1) is 6.58 Å². The maximum atomic E-state index is 11.3. The molecule has 0 fully saturated rings. The van der Waals surface area contributed by atoms with Crippen LogP contribution in [0.5, 0.6) is 0 Å². The summed E-state index contributed by atoms with van der Waals surface area (Å²) in [6.07, 6.45) is 3.26. The number of Topliss-reactive ketones (excluding diaryl/α,β-unsaturated/α-hetero) is 1. The predicted octanol–water partition coefficient (Wildman–Crippen LogP) is 0.684. The molecular formula is C10H11NO3. The molecular weight excluding hydrogens is 182 g/mol. The van der Waals surface area contributed by atoms with Crippen LogP contribution < -0.4 is 0 Å². The quantitative estimate of drug-likeness (QED) is 0.617. The molecule has 0 aromatic rings. The van der Waals surface area contributed by atoms with Crippen LogP contribution in [0.1, 0.15) is 6.92 Å². The molecule has 1 atom stereocenters. The van der Waals surface area contributed by atoms with E-state index in [0.717, 1.165) is 0 Å². The summed E-state index contributed by atoms with van der Waals surface area (Å²) in [4.78, 5) is 26.3. The summed E-state index contributed by atoms with van der Waals surface area (Å²) in [7, 11) is 0. The molecule has 0 spiro atoms. The van der Waals surface area contributed by atoms with Crippen LogP contribution in [0.15, 0.2) is 29.9 Å². The molecule has 0 aromatic carbocycles. The third-order valence-corrected chi connectivity index (χ3v) is 1.70. The molecule has 0 amide bonds. The molecule has 1 aliphatic heterocycles. The van der Waals surface area contributed by atoms with Gasteiger partial charge in [-0.1, -0.05) is 6.08 Å². The van der Waals surface area contributed by atoms with Gasteiger partial charge in [0.15, 0.2) is 17.7 Å². The van der Waals surface area contributed by atoms with Crippen molar-refractivity contribution in [2.75, 3.05) is 6.61 Å². The highest BCUT2D eigenvalue weighted by Gasteiger charge is 2.27. The standard InChI is InChI=1S/C10H11NO3/c1-3-6-14-10-8(13)4-5-11-9(10)7(2)12/h3-5,10H,1,6H2,2H3. The van der Waals surface area contributed by atoms with Gasteiger partial charge in [0.2, 0.25) is 0 Å². The molecule has 0 saturated heterocycles. The van der Waals surface area contributed by atoms with E-state index in [-0.39, 0.29) is 23.9 Å². The Morgan fingerprint density at radius 1 is 1.79 bits per heavy atom. The SMILES string of the molecule is C=CCOC1C(=O)C=CN=C1C(C)=O. The topological polar surface area (TPSA) is 55.7 Å². The number of ketones is 2. The highest BCUT2D eigenvalue weighted by atomic mass is 16.5. The Hall–Kier alpha value is -1.55. The van der Waals surface area contributed by atoms with Crippen LogP contribution in [-0.4, -0.2) is 30.0 Å². The van der Waals surface area contributed by atoms with Crippen molar-refractivity contribution in [3.05, 3.63) is 24.9 Å². The molecule has 1 heterocycles. The zero-order valence-electron chi connectivity index (χ0n) is 7.90. The summed E-state index contributed by atoms with van der Waals surface area (Å²) in [5.74, 6) is -0.510. The molecule has 0 N–H and O–H groups in total. The Labute approximate surface area is 82.0 Å². The summed E-state index contributed by atoms with van der Waals surface area (Å²) in [6.45, 7) is 5.04. The third kappa shape index (κ3) is 2.23. The Morgan fingerprint density at radius 2 is 2.50 bits per heavy atom. The fourth-order valence-corrected chi connectivity index (χ4v) is 1.08. The van der Waals surface area contributed by atoms with Crippen molar-refractivity contribution in [2.45, 2.75) is 13.0 Å². The summed E-state index contributed by atoms with van der Waals surface area (Å²) in [6, 6.07) is 0. The normalized spacial score (nSPS) is 20.5. The molecule has 1 unspecified atom stereocenters. The third-order valence-electron chi connectivity index (χ3n) is 1.70. The number of carbonyl (C=O) groups excluding carboxylic acids is 2. The van der Waals surface area contributed by atoms with Crippen LogP contribution in [0.4, 0.5) is 0 Å². The zero-order chi connectivity index (χ0) is 10.6. The average molecular weight is 193 g/mol. The van der Waals surface area contributed by atoms with Gasteiger partial charge in [0.25, 0.3) is 0 Å². The van der Waals surface area contributed by atoms with Crippen molar-refractivity contribution in [3.63, 3.8) is 0 Å².